The van der Waals surface area contributed by atoms with Crippen LogP contribution in [-0.4, -0.2) is 23.9 Å². The highest BCUT2D eigenvalue weighted by molar-refractivity contribution is 6.25. The summed E-state index contributed by atoms with van der Waals surface area (Å²) in [6, 6.07) is 30.8. The molecule has 8 rings (SSSR count). The van der Waals surface area contributed by atoms with Crippen LogP contribution in [0, 0.1) is 17.7 Å². The van der Waals surface area contributed by atoms with Crippen LogP contribution in [0.5, 0.6) is 0 Å². The van der Waals surface area contributed by atoms with E-state index in [9.17, 15) is 18.8 Å². The van der Waals surface area contributed by atoms with Gasteiger partial charge in [-0.15, -0.1) is 0 Å². The van der Waals surface area contributed by atoms with E-state index in [-0.39, 0.29) is 30.1 Å². The first kappa shape index (κ1) is 25.1. The molecule has 1 N–H and O–H groups in total. The third-order valence-electron chi connectivity index (χ3n) is 8.71. The van der Waals surface area contributed by atoms with E-state index in [1.807, 2.05) is 78.9 Å². The van der Waals surface area contributed by atoms with Crippen molar-refractivity contribution in [1.82, 2.24) is 5.43 Å². The van der Waals surface area contributed by atoms with E-state index in [4.69, 9.17) is 0 Å². The molecule has 1 heterocycles. The summed E-state index contributed by atoms with van der Waals surface area (Å²) in [5, 5.41) is 4.45. The van der Waals surface area contributed by atoms with Crippen molar-refractivity contribution < 1.29 is 18.8 Å². The van der Waals surface area contributed by atoms with Crippen LogP contribution in [0.3, 0.4) is 0 Å². The summed E-state index contributed by atoms with van der Waals surface area (Å²) in [7, 11) is 0. The zero-order valence-electron chi connectivity index (χ0n) is 22.0. The Morgan fingerprint density at radius 3 is 2.10 bits per heavy atom. The molecule has 0 spiro atoms. The van der Waals surface area contributed by atoms with Crippen LogP contribution in [-0.2, 0) is 26.2 Å². The van der Waals surface area contributed by atoms with Gasteiger partial charge in [-0.2, -0.15) is 5.10 Å². The predicted molar refractivity (Wildman–Crippen MR) is 153 cm³/mol. The van der Waals surface area contributed by atoms with E-state index >= 15 is 0 Å². The summed E-state index contributed by atoms with van der Waals surface area (Å²) in [6.07, 6.45) is 2.48. The second kappa shape index (κ2) is 9.63. The monoisotopic (exact) mass is 543 g/mol. The number of halogens is 1. The minimum absolute atomic E-state index is 0.245. The number of carbonyl (C=O) groups excluding carboxylic acids is 3. The smallest absolute Gasteiger partial charge is 0.240 e. The van der Waals surface area contributed by atoms with Crippen molar-refractivity contribution in [2.24, 2.45) is 16.9 Å². The molecule has 202 valence electrons. The molecule has 2 bridgehead atoms. The van der Waals surface area contributed by atoms with Gasteiger partial charge in [-0.25, -0.2) is 14.7 Å². The Balaban J connectivity index is 1.31. The molecule has 6 nitrogen and oxygen atoms in total. The molecule has 3 aliphatic carbocycles. The standard InChI is InChI=1S/C34H26FN3O3/c35-22-15-17-23(18-16-22)38-32(40)30-29-24-10-4-6-12-26(24)34(31(30)33(38)41,27-13-7-5-11-25(27)29)20-36-37-28(39)19-14-21-8-2-1-3-9-21/h1-13,15-18,20,29-31H,14,19H2,(H,37,39)/b36-20-/t29?,30-,31+,34?/m1/s1. The Morgan fingerprint density at radius 1 is 0.829 bits per heavy atom. The molecule has 0 radical (unpaired) electrons. The van der Waals surface area contributed by atoms with Crippen molar-refractivity contribution in [1.29, 1.82) is 0 Å². The number of nitrogens with one attached hydrogen (secondary N) is 1. The zero-order chi connectivity index (χ0) is 28.1. The van der Waals surface area contributed by atoms with E-state index in [2.05, 4.69) is 10.5 Å². The lowest BCUT2D eigenvalue weighted by Crippen LogP contribution is -2.54. The summed E-state index contributed by atoms with van der Waals surface area (Å²) in [4.78, 5) is 42.3. The SMILES string of the molecule is O=C(CCc1ccccc1)N/N=C\C12c3ccccc3C(c3ccccc31)[C@H]1C(=O)N(c3ccc(F)cc3)C(=O)[C@H]12. The highest BCUT2D eigenvalue weighted by atomic mass is 19.1. The van der Waals surface area contributed by atoms with E-state index in [0.29, 0.717) is 12.1 Å². The maximum atomic E-state index is 14.3. The Hall–Kier alpha value is -4.91. The van der Waals surface area contributed by atoms with Gasteiger partial charge in [0.2, 0.25) is 17.7 Å². The van der Waals surface area contributed by atoms with Crippen molar-refractivity contribution >= 4 is 29.6 Å². The maximum absolute atomic E-state index is 14.3. The third-order valence-corrected chi connectivity index (χ3v) is 8.71. The molecule has 1 aliphatic heterocycles. The second-order valence-corrected chi connectivity index (χ2v) is 10.8. The van der Waals surface area contributed by atoms with Gasteiger partial charge in [0.1, 0.15) is 5.82 Å². The van der Waals surface area contributed by atoms with Crippen molar-refractivity contribution in [3.63, 3.8) is 0 Å². The van der Waals surface area contributed by atoms with Crippen LogP contribution in [0.25, 0.3) is 0 Å². The number of hydrogen-bond donors (Lipinski definition) is 1. The van der Waals surface area contributed by atoms with Gasteiger partial charge >= 0.3 is 0 Å². The first-order chi connectivity index (χ1) is 20.0. The van der Waals surface area contributed by atoms with E-state index < -0.39 is 23.1 Å². The van der Waals surface area contributed by atoms with Gasteiger partial charge in [0, 0.05) is 18.6 Å². The van der Waals surface area contributed by atoms with Gasteiger partial charge in [-0.3, -0.25) is 14.4 Å². The van der Waals surface area contributed by atoms with Crippen molar-refractivity contribution in [3.05, 3.63) is 137 Å². The number of amides is 3. The number of nitrogens with zero attached hydrogens (tertiary/aromatic N) is 2. The molecule has 4 aromatic carbocycles. The Labute approximate surface area is 236 Å². The molecule has 41 heavy (non-hydrogen) atoms. The molecule has 0 unspecified atom stereocenters. The fraction of sp³-hybridized carbons (Fsp3) is 0.176. The van der Waals surface area contributed by atoms with Gasteiger partial charge in [-0.1, -0.05) is 78.9 Å². The van der Waals surface area contributed by atoms with Gasteiger partial charge in [-0.05, 0) is 58.5 Å². The van der Waals surface area contributed by atoms with E-state index in [1.165, 1.54) is 29.2 Å². The zero-order valence-corrected chi connectivity index (χ0v) is 22.0. The van der Waals surface area contributed by atoms with Crippen LogP contribution < -0.4 is 10.3 Å². The average molecular weight is 544 g/mol. The summed E-state index contributed by atoms with van der Waals surface area (Å²) in [5.41, 5.74) is 6.71. The van der Waals surface area contributed by atoms with Gasteiger partial charge in [0.05, 0.1) is 22.9 Å². The van der Waals surface area contributed by atoms with Crippen LogP contribution in [0.1, 0.15) is 40.2 Å². The third kappa shape index (κ3) is 3.76. The van der Waals surface area contributed by atoms with Gasteiger partial charge in [0.25, 0.3) is 0 Å². The van der Waals surface area contributed by atoms with E-state index in [1.54, 1.807) is 6.21 Å². The molecular weight excluding hydrogens is 517 g/mol. The summed E-state index contributed by atoms with van der Waals surface area (Å²) in [6.45, 7) is 0. The summed E-state index contributed by atoms with van der Waals surface area (Å²) >= 11 is 0. The number of hydrogen-bond acceptors (Lipinski definition) is 4. The fourth-order valence-corrected chi connectivity index (χ4v) is 7.06. The second-order valence-electron chi connectivity index (χ2n) is 10.8. The van der Waals surface area contributed by atoms with Crippen LogP contribution in [0.2, 0.25) is 0 Å². The number of benzene rings is 4. The predicted octanol–water partition coefficient (Wildman–Crippen LogP) is 5.11. The Morgan fingerprint density at radius 2 is 1.44 bits per heavy atom. The Bertz CT molecular complexity index is 1670. The highest BCUT2D eigenvalue weighted by Crippen LogP contribution is 2.63. The molecule has 0 saturated carbocycles. The number of rotatable bonds is 6. The van der Waals surface area contributed by atoms with E-state index in [0.717, 1.165) is 27.8 Å². The first-order valence-corrected chi connectivity index (χ1v) is 13.7. The molecule has 0 aromatic heterocycles. The van der Waals surface area contributed by atoms with Gasteiger partial charge < -0.3 is 0 Å². The molecule has 3 amide bonds. The number of imide groups is 1. The number of carbonyl (C=O) groups is 3. The lowest BCUT2D eigenvalue weighted by atomic mass is 9.47. The minimum atomic E-state index is -1.08. The number of anilines is 1. The van der Waals surface area contributed by atoms with Crippen molar-refractivity contribution in [2.45, 2.75) is 24.2 Å². The van der Waals surface area contributed by atoms with Crippen molar-refractivity contribution in [3.8, 4) is 0 Å². The molecule has 4 aliphatic rings. The topological polar surface area (TPSA) is 78.8 Å². The number of aryl methyl sites for hydroxylation is 1. The van der Waals surface area contributed by atoms with Crippen LogP contribution in [0.15, 0.2) is 108 Å². The Kier molecular flexibility index (Phi) is 5.89. The van der Waals surface area contributed by atoms with Crippen LogP contribution >= 0.6 is 0 Å². The molecular formula is C34H26FN3O3. The average Bonchev–Trinajstić information content (AvgIpc) is 3.28. The molecule has 1 saturated heterocycles. The number of hydrazone groups is 1. The molecule has 2 atom stereocenters. The maximum Gasteiger partial charge on any atom is 0.240 e. The molecule has 7 heteroatoms. The normalized spacial score (nSPS) is 23.8. The summed E-state index contributed by atoms with van der Waals surface area (Å²) in [5.74, 6) is -3.13. The van der Waals surface area contributed by atoms with Crippen molar-refractivity contribution in [2.75, 3.05) is 4.90 Å². The first-order valence-electron chi connectivity index (χ1n) is 13.7. The quantitative estimate of drug-likeness (QED) is 0.209. The fourth-order valence-electron chi connectivity index (χ4n) is 7.06. The molecule has 1 fully saturated rings. The molecule has 4 aromatic rings. The lowest BCUT2D eigenvalue weighted by molar-refractivity contribution is -0.123. The lowest BCUT2D eigenvalue weighted by Gasteiger charge is -2.52. The summed E-state index contributed by atoms with van der Waals surface area (Å²) < 4.78 is 13.7. The minimum Gasteiger partial charge on any atom is -0.274 e. The van der Waals surface area contributed by atoms with Crippen LogP contribution in [0.4, 0.5) is 10.1 Å². The van der Waals surface area contributed by atoms with Gasteiger partial charge in [0.15, 0.2) is 0 Å². The largest absolute Gasteiger partial charge is 0.274 e. The highest BCUT2D eigenvalue weighted by Gasteiger charge is 2.68.